The van der Waals surface area contributed by atoms with Gasteiger partial charge in [-0.25, -0.2) is 4.98 Å². The first kappa shape index (κ1) is 17.5. The number of thiazole rings is 1. The van der Waals surface area contributed by atoms with Gasteiger partial charge < -0.3 is 10.1 Å². The van der Waals surface area contributed by atoms with Crippen molar-refractivity contribution in [3.05, 3.63) is 45.4 Å². The van der Waals surface area contributed by atoms with E-state index < -0.39 is 0 Å². The van der Waals surface area contributed by atoms with Crippen molar-refractivity contribution in [2.24, 2.45) is 0 Å². The number of hydrogen-bond donors (Lipinski definition) is 1. The Balaban J connectivity index is 2.03. The molecule has 0 bridgehead atoms. The molecule has 5 heteroatoms. The second-order valence-electron chi connectivity index (χ2n) is 6.32. The van der Waals surface area contributed by atoms with Gasteiger partial charge in [-0.05, 0) is 46.2 Å². The normalized spacial score (nSPS) is 11.3. The zero-order chi connectivity index (χ0) is 17.0. The van der Waals surface area contributed by atoms with Gasteiger partial charge in [0.2, 0.25) is 0 Å². The number of rotatable bonds is 6. The monoisotopic (exact) mass is 332 g/mol. The van der Waals surface area contributed by atoms with E-state index in [4.69, 9.17) is 4.74 Å². The molecule has 1 amide bonds. The molecule has 4 nitrogen and oxygen atoms in total. The highest BCUT2D eigenvalue weighted by atomic mass is 32.1. The van der Waals surface area contributed by atoms with E-state index in [1.54, 1.807) is 0 Å². The van der Waals surface area contributed by atoms with Gasteiger partial charge in [-0.2, -0.15) is 0 Å². The molecule has 2 rings (SSSR count). The molecular weight excluding hydrogens is 308 g/mol. The minimum Gasteiger partial charge on any atom is -0.486 e. The lowest BCUT2D eigenvalue weighted by molar-refractivity contribution is 0.0914. The summed E-state index contributed by atoms with van der Waals surface area (Å²) in [5, 5.41) is 3.85. The predicted molar refractivity (Wildman–Crippen MR) is 94.2 cm³/mol. The number of aromatic nitrogens is 1. The summed E-state index contributed by atoms with van der Waals surface area (Å²) in [6, 6.07) is 7.89. The Morgan fingerprint density at radius 2 is 1.91 bits per heavy atom. The molecule has 1 N–H and O–H groups in total. The average Bonchev–Trinajstić information content (AvgIpc) is 2.87. The summed E-state index contributed by atoms with van der Waals surface area (Å²) in [6.45, 7) is 10.4. The Morgan fingerprint density at radius 3 is 2.52 bits per heavy atom. The molecule has 0 spiro atoms. The third kappa shape index (κ3) is 4.79. The number of amides is 1. The number of carbonyl (C=O) groups is 1. The SMILES string of the molecule is CCC(C)(C)NC(=O)c1sc(COc2ccc(C)cc2)nc1C. The number of aryl methyl sites for hydroxylation is 2. The third-order valence-corrected chi connectivity index (χ3v) is 4.90. The van der Waals surface area contributed by atoms with Crippen LogP contribution in [0.2, 0.25) is 0 Å². The fourth-order valence-electron chi connectivity index (χ4n) is 1.96. The van der Waals surface area contributed by atoms with Gasteiger partial charge in [-0.15, -0.1) is 11.3 Å². The topological polar surface area (TPSA) is 51.2 Å². The van der Waals surface area contributed by atoms with Gasteiger partial charge in [0, 0.05) is 5.54 Å². The summed E-state index contributed by atoms with van der Waals surface area (Å²) < 4.78 is 5.73. The Kier molecular flexibility index (Phi) is 5.42. The van der Waals surface area contributed by atoms with Gasteiger partial charge in [0.1, 0.15) is 22.2 Å². The van der Waals surface area contributed by atoms with E-state index in [9.17, 15) is 4.79 Å². The second kappa shape index (κ2) is 7.13. The number of hydrogen-bond acceptors (Lipinski definition) is 4. The highest BCUT2D eigenvalue weighted by Crippen LogP contribution is 2.21. The number of nitrogens with one attached hydrogen (secondary N) is 1. The summed E-state index contributed by atoms with van der Waals surface area (Å²) in [7, 11) is 0. The Hall–Kier alpha value is -1.88. The number of ether oxygens (including phenoxy) is 1. The summed E-state index contributed by atoms with van der Waals surface area (Å²) in [6.07, 6.45) is 0.875. The molecule has 1 heterocycles. The van der Waals surface area contributed by atoms with Crippen LogP contribution in [0.15, 0.2) is 24.3 Å². The van der Waals surface area contributed by atoms with Crippen LogP contribution >= 0.6 is 11.3 Å². The van der Waals surface area contributed by atoms with E-state index >= 15 is 0 Å². The van der Waals surface area contributed by atoms with Gasteiger partial charge in [0.15, 0.2) is 0 Å². The Labute approximate surface area is 141 Å². The number of carbonyl (C=O) groups excluding carboxylic acids is 1. The van der Waals surface area contributed by atoms with Crippen molar-refractivity contribution in [3.8, 4) is 5.75 Å². The third-order valence-electron chi connectivity index (χ3n) is 3.77. The molecule has 0 saturated heterocycles. The number of benzene rings is 1. The quantitative estimate of drug-likeness (QED) is 0.860. The first-order chi connectivity index (χ1) is 10.8. The molecule has 0 aliphatic rings. The molecule has 124 valence electrons. The lowest BCUT2D eigenvalue weighted by atomic mass is 10.0. The van der Waals surface area contributed by atoms with Crippen LogP contribution < -0.4 is 10.1 Å². The highest BCUT2D eigenvalue weighted by molar-refractivity contribution is 7.13. The first-order valence-corrected chi connectivity index (χ1v) is 8.60. The van der Waals surface area contributed by atoms with Gasteiger partial charge in [0.25, 0.3) is 5.91 Å². The molecule has 0 unspecified atom stereocenters. The highest BCUT2D eigenvalue weighted by Gasteiger charge is 2.22. The van der Waals surface area contributed by atoms with E-state index in [-0.39, 0.29) is 11.4 Å². The summed E-state index contributed by atoms with van der Waals surface area (Å²) in [5.41, 5.74) is 1.73. The molecule has 0 saturated carbocycles. The molecule has 0 radical (unpaired) electrons. The van der Waals surface area contributed by atoms with Crippen LogP contribution in [0, 0.1) is 13.8 Å². The van der Waals surface area contributed by atoms with Crippen LogP contribution in [-0.2, 0) is 6.61 Å². The molecule has 0 fully saturated rings. The molecule has 0 aliphatic carbocycles. The van der Waals surface area contributed by atoms with E-state index in [1.165, 1.54) is 16.9 Å². The van der Waals surface area contributed by atoms with E-state index in [2.05, 4.69) is 17.2 Å². The Morgan fingerprint density at radius 1 is 1.26 bits per heavy atom. The summed E-state index contributed by atoms with van der Waals surface area (Å²) in [4.78, 5) is 17.5. The van der Waals surface area contributed by atoms with Gasteiger partial charge in [-0.1, -0.05) is 24.6 Å². The fourth-order valence-corrected chi connectivity index (χ4v) is 2.83. The van der Waals surface area contributed by atoms with Gasteiger partial charge >= 0.3 is 0 Å². The predicted octanol–water partition coefficient (Wildman–Crippen LogP) is 4.26. The maximum atomic E-state index is 12.4. The average molecular weight is 332 g/mol. The minimum atomic E-state index is -0.216. The van der Waals surface area contributed by atoms with Crippen molar-refractivity contribution in [2.45, 2.75) is 53.2 Å². The van der Waals surface area contributed by atoms with E-state index in [0.717, 1.165) is 22.9 Å². The largest absolute Gasteiger partial charge is 0.486 e. The smallest absolute Gasteiger partial charge is 0.263 e. The van der Waals surface area contributed by atoms with Crippen LogP contribution in [0.4, 0.5) is 0 Å². The fraction of sp³-hybridized carbons (Fsp3) is 0.444. The zero-order valence-corrected chi connectivity index (χ0v) is 15.2. The maximum Gasteiger partial charge on any atom is 0.263 e. The first-order valence-electron chi connectivity index (χ1n) is 7.79. The standard InChI is InChI=1S/C18H24N2O2S/c1-6-18(4,5)20-17(21)16-13(3)19-15(23-16)11-22-14-9-7-12(2)8-10-14/h7-10H,6,11H2,1-5H3,(H,20,21). The molecule has 0 aliphatic heterocycles. The van der Waals surface area contributed by atoms with Crippen LogP contribution in [0.25, 0.3) is 0 Å². The lowest BCUT2D eigenvalue weighted by Crippen LogP contribution is -2.42. The maximum absolute atomic E-state index is 12.4. The molecular formula is C18H24N2O2S. The zero-order valence-electron chi connectivity index (χ0n) is 14.4. The van der Waals surface area contributed by atoms with Crippen molar-refractivity contribution in [1.29, 1.82) is 0 Å². The van der Waals surface area contributed by atoms with Crippen LogP contribution in [0.5, 0.6) is 5.75 Å². The Bertz CT molecular complexity index is 675. The van der Waals surface area contributed by atoms with Crippen molar-refractivity contribution in [1.82, 2.24) is 10.3 Å². The molecule has 2 aromatic rings. The summed E-state index contributed by atoms with van der Waals surface area (Å²) >= 11 is 1.39. The van der Waals surface area contributed by atoms with E-state index in [1.807, 2.05) is 52.0 Å². The lowest BCUT2D eigenvalue weighted by Gasteiger charge is -2.24. The van der Waals surface area contributed by atoms with Crippen LogP contribution in [-0.4, -0.2) is 16.4 Å². The van der Waals surface area contributed by atoms with Crippen LogP contribution in [0.1, 0.15) is 53.1 Å². The molecule has 1 aromatic carbocycles. The van der Waals surface area contributed by atoms with E-state index in [0.29, 0.717) is 11.5 Å². The molecule has 0 atom stereocenters. The van der Waals surface area contributed by atoms with Crippen molar-refractivity contribution >= 4 is 17.2 Å². The van der Waals surface area contributed by atoms with Gasteiger partial charge in [0.05, 0.1) is 5.69 Å². The van der Waals surface area contributed by atoms with Crippen molar-refractivity contribution < 1.29 is 9.53 Å². The molecule has 1 aromatic heterocycles. The minimum absolute atomic E-state index is 0.0616. The molecule has 23 heavy (non-hydrogen) atoms. The van der Waals surface area contributed by atoms with Crippen molar-refractivity contribution in [3.63, 3.8) is 0 Å². The number of nitrogens with zero attached hydrogens (tertiary/aromatic N) is 1. The van der Waals surface area contributed by atoms with Crippen molar-refractivity contribution in [2.75, 3.05) is 0 Å². The van der Waals surface area contributed by atoms with Gasteiger partial charge in [-0.3, -0.25) is 4.79 Å². The van der Waals surface area contributed by atoms with Crippen LogP contribution in [0.3, 0.4) is 0 Å². The second-order valence-corrected chi connectivity index (χ2v) is 7.40. The summed E-state index contributed by atoms with van der Waals surface area (Å²) in [5.74, 6) is 0.745.